The van der Waals surface area contributed by atoms with Crippen molar-refractivity contribution in [2.75, 3.05) is 11.9 Å². The van der Waals surface area contributed by atoms with Gasteiger partial charge >= 0.3 is 6.36 Å². The van der Waals surface area contributed by atoms with Crippen molar-refractivity contribution in [1.82, 2.24) is 0 Å². The first-order valence-corrected chi connectivity index (χ1v) is 5.22. The van der Waals surface area contributed by atoms with E-state index in [0.717, 1.165) is 25.1 Å². The Kier molecular flexibility index (Phi) is 4.87. The maximum Gasteiger partial charge on any atom is 0.573 e. The maximum absolute atomic E-state index is 11.9. The number of alkyl halides is 3. The Labute approximate surface area is 98.1 Å². The molecule has 0 saturated heterocycles. The summed E-state index contributed by atoms with van der Waals surface area (Å²) in [4.78, 5) is 0. The van der Waals surface area contributed by atoms with E-state index in [9.17, 15) is 13.2 Å². The quantitative estimate of drug-likeness (QED) is 0.605. The molecular weight excluding hydrogens is 231 g/mol. The average molecular weight is 245 g/mol. The van der Waals surface area contributed by atoms with Crippen LogP contribution in [0.4, 0.5) is 18.9 Å². The second kappa shape index (κ2) is 6.18. The highest BCUT2D eigenvalue weighted by atomic mass is 19.4. The minimum atomic E-state index is -4.64. The number of hydrogen-bond donors (Lipinski definition) is 1. The van der Waals surface area contributed by atoms with Gasteiger partial charge in [0.1, 0.15) is 5.75 Å². The van der Waals surface area contributed by atoms with Gasteiger partial charge in [0.15, 0.2) is 0 Å². The van der Waals surface area contributed by atoms with Crippen molar-refractivity contribution in [1.29, 1.82) is 0 Å². The van der Waals surface area contributed by atoms with Crippen molar-refractivity contribution in [2.24, 2.45) is 0 Å². The zero-order chi connectivity index (χ0) is 12.7. The van der Waals surface area contributed by atoms with Crippen LogP contribution in [0, 0.1) is 0 Å². The van der Waals surface area contributed by atoms with Gasteiger partial charge in [-0.1, -0.05) is 6.08 Å². The third-order valence-corrected chi connectivity index (χ3v) is 2.00. The van der Waals surface area contributed by atoms with E-state index in [4.69, 9.17) is 0 Å². The number of halogens is 3. The molecule has 2 nitrogen and oxygen atoms in total. The van der Waals surface area contributed by atoms with Crippen LogP contribution in [0.5, 0.6) is 5.75 Å². The summed E-state index contributed by atoms with van der Waals surface area (Å²) in [5, 5.41) is 3.08. The molecular formula is C12H14F3NO. The molecule has 5 heteroatoms. The maximum atomic E-state index is 11.9. The molecule has 0 atom stereocenters. The first-order valence-electron chi connectivity index (χ1n) is 5.22. The van der Waals surface area contributed by atoms with Crippen LogP contribution < -0.4 is 10.1 Å². The van der Waals surface area contributed by atoms with Crippen LogP contribution in [-0.2, 0) is 0 Å². The van der Waals surface area contributed by atoms with Crippen LogP contribution in [0.25, 0.3) is 0 Å². The third kappa shape index (κ3) is 5.85. The molecule has 1 aromatic rings. The molecule has 0 radical (unpaired) electrons. The van der Waals surface area contributed by atoms with E-state index in [1.807, 2.05) is 6.08 Å². The number of nitrogens with one attached hydrogen (secondary N) is 1. The average Bonchev–Trinajstić information content (AvgIpc) is 2.25. The Hall–Kier alpha value is -1.65. The van der Waals surface area contributed by atoms with Gasteiger partial charge in [-0.05, 0) is 37.1 Å². The summed E-state index contributed by atoms with van der Waals surface area (Å²) in [7, 11) is 0. The van der Waals surface area contributed by atoms with Crippen molar-refractivity contribution in [3.05, 3.63) is 36.9 Å². The SMILES string of the molecule is C=CCCCNc1ccc(OC(F)(F)F)cc1. The van der Waals surface area contributed by atoms with Gasteiger partial charge in [-0.3, -0.25) is 0 Å². The van der Waals surface area contributed by atoms with Crippen LogP contribution in [0.1, 0.15) is 12.8 Å². The second-order valence-corrected chi connectivity index (χ2v) is 3.43. The fraction of sp³-hybridized carbons (Fsp3) is 0.333. The molecule has 1 rings (SSSR count). The van der Waals surface area contributed by atoms with Crippen molar-refractivity contribution < 1.29 is 17.9 Å². The minimum absolute atomic E-state index is 0.214. The van der Waals surface area contributed by atoms with E-state index >= 15 is 0 Å². The zero-order valence-corrected chi connectivity index (χ0v) is 9.26. The van der Waals surface area contributed by atoms with Crippen LogP contribution in [0.3, 0.4) is 0 Å². The second-order valence-electron chi connectivity index (χ2n) is 3.43. The topological polar surface area (TPSA) is 21.3 Å². The Bertz CT molecular complexity index is 346. The lowest BCUT2D eigenvalue weighted by atomic mass is 10.2. The third-order valence-electron chi connectivity index (χ3n) is 2.00. The summed E-state index contributed by atoms with van der Waals surface area (Å²) in [6.07, 6.45) is -0.979. The molecule has 0 fully saturated rings. The van der Waals surface area contributed by atoms with E-state index in [-0.39, 0.29) is 5.75 Å². The van der Waals surface area contributed by atoms with E-state index in [2.05, 4.69) is 16.6 Å². The summed E-state index contributed by atoms with van der Waals surface area (Å²) in [5.74, 6) is -0.214. The van der Waals surface area contributed by atoms with Gasteiger partial charge in [-0.25, -0.2) is 0 Å². The largest absolute Gasteiger partial charge is 0.573 e. The van der Waals surface area contributed by atoms with Crippen molar-refractivity contribution in [2.45, 2.75) is 19.2 Å². The monoisotopic (exact) mass is 245 g/mol. The molecule has 0 aromatic heterocycles. The molecule has 0 spiro atoms. The molecule has 0 aliphatic carbocycles. The highest BCUT2D eigenvalue weighted by molar-refractivity contribution is 5.46. The Morgan fingerprint density at radius 1 is 1.24 bits per heavy atom. The molecule has 1 N–H and O–H groups in total. The predicted molar refractivity (Wildman–Crippen MR) is 61.0 cm³/mol. The van der Waals surface area contributed by atoms with E-state index < -0.39 is 6.36 Å². The van der Waals surface area contributed by atoms with E-state index in [1.165, 1.54) is 12.1 Å². The van der Waals surface area contributed by atoms with Crippen LogP contribution in [0.2, 0.25) is 0 Å². The van der Waals surface area contributed by atoms with Crippen LogP contribution in [-0.4, -0.2) is 12.9 Å². The summed E-state index contributed by atoms with van der Waals surface area (Å²) < 4.78 is 39.4. The molecule has 0 saturated carbocycles. The van der Waals surface area contributed by atoms with Gasteiger partial charge in [0, 0.05) is 12.2 Å². The van der Waals surface area contributed by atoms with Gasteiger partial charge in [0.2, 0.25) is 0 Å². The number of ether oxygens (including phenoxy) is 1. The van der Waals surface area contributed by atoms with Gasteiger partial charge in [-0.15, -0.1) is 19.8 Å². The number of benzene rings is 1. The molecule has 0 aliphatic heterocycles. The number of unbranched alkanes of at least 4 members (excludes halogenated alkanes) is 1. The van der Waals surface area contributed by atoms with Gasteiger partial charge in [0.05, 0.1) is 0 Å². The molecule has 1 aromatic carbocycles. The zero-order valence-electron chi connectivity index (χ0n) is 9.26. The van der Waals surface area contributed by atoms with E-state index in [0.29, 0.717) is 0 Å². The van der Waals surface area contributed by atoms with E-state index in [1.54, 1.807) is 12.1 Å². The molecule has 0 bridgehead atoms. The molecule has 0 heterocycles. The predicted octanol–water partition coefficient (Wildman–Crippen LogP) is 3.96. The first-order chi connectivity index (χ1) is 8.01. The Balaban J connectivity index is 2.42. The molecule has 94 valence electrons. The smallest absolute Gasteiger partial charge is 0.406 e. The van der Waals surface area contributed by atoms with Gasteiger partial charge < -0.3 is 10.1 Å². The standard InChI is InChI=1S/C12H14F3NO/c1-2-3-4-9-16-10-5-7-11(8-6-10)17-12(13,14)15/h2,5-8,16H,1,3-4,9H2. The number of anilines is 1. The van der Waals surface area contributed by atoms with Gasteiger partial charge in [-0.2, -0.15) is 0 Å². The Morgan fingerprint density at radius 2 is 1.88 bits per heavy atom. The summed E-state index contributed by atoms with van der Waals surface area (Å²) >= 11 is 0. The summed E-state index contributed by atoms with van der Waals surface area (Å²) in [5.41, 5.74) is 0.767. The summed E-state index contributed by atoms with van der Waals surface area (Å²) in [6.45, 7) is 4.36. The van der Waals surface area contributed by atoms with Crippen molar-refractivity contribution in [3.63, 3.8) is 0 Å². The molecule has 17 heavy (non-hydrogen) atoms. The van der Waals surface area contributed by atoms with Crippen molar-refractivity contribution in [3.8, 4) is 5.75 Å². The molecule has 0 unspecified atom stereocenters. The fourth-order valence-corrected chi connectivity index (χ4v) is 1.25. The highest BCUT2D eigenvalue weighted by Gasteiger charge is 2.30. The van der Waals surface area contributed by atoms with Crippen molar-refractivity contribution >= 4 is 5.69 Å². The minimum Gasteiger partial charge on any atom is -0.406 e. The lowest BCUT2D eigenvalue weighted by Gasteiger charge is -2.10. The molecule has 0 aliphatic rings. The number of hydrogen-bond acceptors (Lipinski definition) is 2. The Morgan fingerprint density at radius 3 is 2.41 bits per heavy atom. The van der Waals surface area contributed by atoms with Crippen LogP contribution in [0.15, 0.2) is 36.9 Å². The highest BCUT2D eigenvalue weighted by Crippen LogP contribution is 2.23. The van der Waals surface area contributed by atoms with Crippen LogP contribution >= 0.6 is 0 Å². The molecule has 0 amide bonds. The van der Waals surface area contributed by atoms with Gasteiger partial charge in [0.25, 0.3) is 0 Å². The first kappa shape index (κ1) is 13.4. The lowest BCUT2D eigenvalue weighted by molar-refractivity contribution is -0.274. The number of allylic oxidation sites excluding steroid dienone is 1. The number of rotatable bonds is 6. The normalized spacial score (nSPS) is 11.0. The summed E-state index contributed by atoms with van der Waals surface area (Å²) in [6, 6.07) is 5.66. The fourth-order valence-electron chi connectivity index (χ4n) is 1.25. The lowest BCUT2D eigenvalue weighted by Crippen LogP contribution is -2.17.